The molecule has 1 aromatic carbocycles. The fourth-order valence-corrected chi connectivity index (χ4v) is 6.74. The topological polar surface area (TPSA) is 52.7 Å². The van der Waals surface area contributed by atoms with E-state index in [0.29, 0.717) is 23.5 Å². The lowest BCUT2D eigenvalue weighted by molar-refractivity contribution is 0.187. The highest BCUT2D eigenvalue weighted by molar-refractivity contribution is 7.89. The van der Waals surface area contributed by atoms with Crippen LogP contribution in [0.5, 0.6) is 0 Å². The van der Waals surface area contributed by atoms with Crippen molar-refractivity contribution in [2.45, 2.75) is 88.2 Å². The van der Waals surface area contributed by atoms with Crippen LogP contribution in [0.25, 0.3) is 0 Å². The molecule has 168 valence electrons. The van der Waals surface area contributed by atoms with Crippen LogP contribution in [0.1, 0.15) is 69.4 Å². The molecule has 3 aliphatic rings. The number of fused-ring (bicyclic) bond motifs is 1. The van der Waals surface area contributed by atoms with Crippen molar-refractivity contribution in [3.05, 3.63) is 29.3 Å². The highest BCUT2D eigenvalue weighted by atomic mass is 32.2. The maximum absolute atomic E-state index is 12.9. The maximum atomic E-state index is 12.9. The second-order valence-corrected chi connectivity index (χ2v) is 11.6. The van der Waals surface area contributed by atoms with Crippen LogP contribution in [0.4, 0.5) is 0 Å². The van der Waals surface area contributed by atoms with Crippen molar-refractivity contribution in [2.75, 3.05) is 26.7 Å². The highest BCUT2D eigenvalue weighted by Crippen LogP contribution is 2.28. The van der Waals surface area contributed by atoms with Gasteiger partial charge in [-0.25, -0.2) is 13.1 Å². The molecule has 1 saturated heterocycles. The lowest BCUT2D eigenvalue weighted by Gasteiger charge is -2.33. The Morgan fingerprint density at radius 2 is 1.87 bits per heavy atom. The molecule has 5 nitrogen and oxygen atoms in total. The molecule has 0 radical (unpaired) electrons. The van der Waals surface area contributed by atoms with E-state index in [1.807, 2.05) is 12.1 Å². The average Bonchev–Trinajstić information content (AvgIpc) is 3.06. The molecule has 0 bridgehead atoms. The molecule has 2 fully saturated rings. The SMILES string of the molecule is CC1CC[C@@H](CCNS(=O)(=O)c2ccc3c(c2)CN(CC2CCCCC2)CC3)N1C. The molecule has 1 aliphatic carbocycles. The first kappa shape index (κ1) is 22.3. The molecule has 2 heterocycles. The number of hydrogen-bond donors (Lipinski definition) is 1. The zero-order chi connectivity index (χ0) is 21.1. The lowest BCUT2D eigenvalue weighted by atomic mass is 9.88. The lowest BCUT2D eigenvalue weighted by Crippen LogP contribution is -2.36. The van der Waals surface area contributed by atoms with Crippen LogP contribution in [-0.4, -0.2) is 57.0 Å². The Bertz CT molecular complexity index is 820. The van der Waals surface area contributed by atoms with Crippen molar-refractivity contribution in [2.24, 2.45) is 5.92 Å². The van der Waals surface area contributed by atoms with Crippen LogP contribution < -0.4 is 4.72 Å². The molecule has 0 spiro atoms. The molecule has 30 heavy (non-hydrogen) atoms. The summed E-state index contributed by atoms with van der Waals surface area (Å²) in [5.74, 6) is 0.824. The zero-order valence-corrected chi connectivity index (χ0v) is 19.6. The Morgan fingerprint density at radius 1 is 1.07 bits per heavy atom. The van der Waals surface area contributed by atoms with Gasteiger partial charge < -0.3 is 4.90 Å². The highest BCUT2D eigenvalue weighted by Gasteiger charge is 2.27. The summed E-state index contributed by atoms with van der Waals surface area (Å²) in [4.78, 5) is 5.35. The van der Waals surface area contributed by atoms with Gasteiger partial charge in [0.05, 0.1) is 4.90 Å². The smallest absolute Gasteiger partial charge is 0.240 e. The Balaban J connectivity index is 1.35. The summed E-state index contributed by atoms with van der Waals surface area (Å²) < 4.78 is 28.6. The minimum Gasteiger partial charge on any atom is -0.301 e. The van der Waals surface area contributed by atoms with E-state index in [-0.39, 0.29) is 0 Å². The average molecular weight is 434 g/mol. The number of benzene rings is 1. The molecular weight excluding hydrogens is 394 g/mol. The molecule has 0 aromatic heterocycles. The van der Waals surface area contributed by atoms with Gasteiger partial charge in [0.1, 0.15) is 0 Å². The largest absolute Gasteiger partial charge is 0.301 e. The molecule has 6 heteroatoms. The summed E-state index contributed by atoms with van der Waals surface area (Å²) >= 11 is 0. The van der Waals surface area contributed by atoms with Gasteiger partial charge in [-0.1, -0.05) is 25.3 Å². The number of hydrogen-bond acceptors (Lipinski definition) is 4. The number of nitrogens with zero attached hydrogens (tertiary/aromatic N) is 2. The van der Waals surface area contributed by atoms with Gasteiger partial charge in [0.25, 0.3) is 0 Å². The van der Waals surface area contributed by atoms with E-state index in [4.69, 9.17) is 0 Å². The number of likely N-dealkylation sites (tertiary alicyclic amines) is 1. The summed E-state index contributed by atoms with van der Waals surface area (Å²) in [6.45, 7) is 5.91. The van der Waals surface area contributed by atoms with E-state index >= 15 is 0 Å². The third-order valence-electron chi connectivity index (χ3n) is 7.78. The fourth-order valence-electron chi connectivity index (χ4n) is 5.64. The molecule has 1 aromatic rings. The molecule has 1 N–H and O–H groups in total. The van der Waals surface area contributed by atoms with Gasteiger partial charge >= 0.3 is 0 Å². The number of nitrogens with one attached hydrogen (secondary N) is 1. The van der Waals surface area contributed by atoms with Crippen LogP contribution in [0, 0.1) is 5.92 Å². The monoisotopic (exact) mass is 433 g/mol. The molecule has 4 rings (SSSR count). The first-order chi connectivity index (χ1) is 14.4. The Labute approximate surface area is 183 Å². The molecule has 2 aliphatic heterocycles. The van der Waals surface area contributed by atoms with Gasteiger partial charge in [-0.3, -0.25) is 4.90 Å². The quantitative estimate of drug-likeness (QED) is 0.711. The summed E-state index contributed by atoms with van der Waals surface area (Å²) in [6.07, 6.45) is 11.1. The summed E-state index contributed by atoms with van der Waals surface area (Å²) in [6, 6.07) is 6.84. The van der Waals surface area contributed by atoms with E-state index in [1.54, 1.807) is 6.07 Å². The minimum atomic E-state index is -3.45. The van der Waals surface area contributed by atoms with Crippen molar-refractivity contribution in [3.63, 3.8) is 0 Å². The van der Waals surface area contributed by atoms with Crippen molar-refractivity contribution in [3.8, 4) is 0 Å². The summed E-state index contributed by atoms with van der Waals surface area (Å²) in [5.41, 5.74) is 2.51. The van der Waals surface area contributed by atoms with Gasteiger partial charge in [0.2, 0.25) is 10.0 Å². The van der Waals surface area contributed by atoms with Crippen molar-refractivity contribution < 1.29 is 8.42 Å². The van der Waals surface area contributed by atoms with Crippen molar-refractivity contribution in [1.29, 1.82) is 0 Å². The molecule has 1 saturated carbocycles. The first-order valence-corrected chi connectivity index (χ1v) is 13.5. The van der Waals surface area contributed by atoms with Crippen LogP contribution in [-0.2, 0) is 23.0 Å². The Hall–Kier alpha value is -0.950. The van der Waals surface area contributed by atoms with Crippen molar-refractivity contribution >= 4 is 10.0 Å². The third kappa shape index (κ3) is 5.26. The third-order valence-corrected chi connectivity index (χ3v) is 9.24. The second kappa shape index (κ2) is 9.68. The summed E-state index contributed by atoms with van der Waals surface area (Å²) in [5, 5.41) is 0. The van der Waals surface area contributed by atoms with Gasteiger partial charge in [-0.15, -0.1) is 0 Å². The van der Waals surface area contributed by atoms with Gasteiger partial charge in [-0.2, -0.15) is 0 Å². The van der Waals surface area contributed by atoms with Crippen molar-refractivity contribution in [1.82, 2.24) is 14.5 Å². The maximum Gasteiger partial charge on any atom is 0.240 e. The van der Waals surface area contributed by atoms with Gasteiger partial charge in [-0.05, 0) is 81.7 Å². The van der Waals surface area contributed by atoms with E-state index in [0.717, 1.165) is 38.3 Å². The Kier molecular flexibility index (Phi) is 7.18. The Morgan fingerprint density at radius 3 is 2.60 bits per heavy atom. The zero-order valence-electron chi connectivity index (χ0n) is 18.8. The van der Waals surface area contributed by atoms with E-state index in [2.05, 4.69) is 28.5 Å². The predicted octanol–water partition coefficient (Wildman–Crippen LogP) is 3.78. The summed E-state index contributed by atoms with van der Waals surface area (Å²) in [7, 11) is -1.30. The van der Waals surface area contributed by atoms with E-state index in [1.165, 1.54) is 56.2 Å². The standard InChI is InChI=1S/C24H39N3O2S/c1-19-8-10-23(26(19)2)12-14-25-30(28,29)24-11-9-21-13-15-27(18-22(21)16-24)17-20-6-4-3-5-7-20/h9,11,16,19-20,23,25H,3-8,10,12-15,17-18H2,1-2H3/t19?,23-/m0/s1. The van der Waals surface area contributed by atoms with Crippen LogP contribution in [0.3, 0.4) is 0 Å². The normalized spacial score (nSPS) is 26.7. The van der Waals surface area contributed by atoms with E-state index in [9.17, 15) is 8.42 Å². The number of rotatable bonds is 7. The van der Waals surface area contributed by atoms with E-state index < -0.39 is 10.0 Å². The van der Waals surface area contributed by atoms with Crippen LogP contribution >= 0.6 is 0 Å². The second-order valence-electron chi connectivity index (χ2n) is 9.85. The minimum absolute atomic E-state index is 0.425. The molecule has 2 atom stereocenters. The number of sulfonamides is 1. The molecule has 0 amide bonds. The fraction of sp³-hybridized carbons (Fsp3) is 0.750. The molecular formula is C24H39N3O2S. The molecule has 1 unspecified atom stereocenters. The van der Waals surface area contributed by atoms with Gasteiger partial charge in [0, 0.05) is 38.3 Å². The van der Waals surface area contributed by atoms with Gasteiger partial charge in [0.15, 0.2) is 0 Å². The van der Waals surface area contributed by atoms with Crippen LogP contribution in [0.15, 0.2) is 23.1 Å². The first-order valence-electron chi connectivity index (χ1n) is 12.0. The van der Waals surface area contributed by atoms with Crippen LogP contribution in [0.2, 0.25) is 0 Å². The predicted molar refractivity (Wildman–Crippen MR) is 122 cm³/mol.